The van der Waals surface area contributed by atoms with Crippen LogP contribution < -0.4 is 0 Å². The maximum atomic E-state index is 6.22. The highest BCUT2D eigenvalue weighted by Crippen LogP contribution is 2.13. The van der Waals surface area contributed by atoms with Crippen LogP contribution in [0.1, 0.15) is 39.0 Å². The van der Waals surface area contributed by atoms with Crippen LogP contribution in [0.2, 0.25) is 12.1 Å². The van der Waals surface area contributed by atoms with Gasteiger partial charge in [-0.3, -0.25) is 0 Å². The summed E-state index contributed by atoms with van der Waals surface area (Å²) in [5.74, 6) is 0.783. The summed E-state index contributed by atoms with van der Waals surface area (Å²) < 4.78 is 0. The van der Waals surface area contributed by atoms with Gasteiger partial charge in [-0.25, -0.2) is 0 Å². The Morgan fingerprint density at radius 3 is 2.25 bits per heavy atom. The lowest BCUT2D eigenvalue weighted by Gasteiger charge is -2.05. The summed E-state index contributed by atoms with van der Waals surface area (Å²) in [5.41, 5.74) is 0. The van der Waals surface area contributed by atoms with E-state index in [0.29, 0.717) is 0 Å². The lowest BCUT2D eigenvalue weighted by Crippen LogP contribution is -2.02. The molecule has 0 aliphatic carbocycles. The highest BCUT2D eigenvalue weighted by molar-refractivity contribution is 7.06. The Kier molecular flexibility index (Phi) is 10.5. The Morgan fingerprint density at radius 1 is 1.00 bits per heavy atom. The second-order valence-electron chi connectivity index (χ2n) is 3.28. The Morgan fingerprint density at radius 2 is 1.67 bits per heavy atom. The minimum Gasteiger partial charge on any atom is -0.172 e. The molecule has 1 atom stereocenters. The van der Waals surface area contributed by atoms with E-state index in [1.807, 2.05) is 0 Å². The summed E-state index contributed by atoms with van der Waals surface area (Å²) in [4.78, 5) is 0. The van der Waals surface area contributed by atoms with E-state index < -0.39 is 8.11 Å². The zero-order valence-corrected chi connectivity index (χ0v) is 10.7. The summed E-state index contributed by atoms with van der Waals surface area (Å²) in [6.07, 6.45) is 6.52. The Hall–Kier alpha value is 0.797. The Bertz CT molecular complexity index is 88.6. The summed E-state index contributed by atoms with van der Waals surface area (Å²) in [6, 6.07) is 2.52. The zero-order chi connectivity index (χ0) is 9.23. The van der Waals surface area contributed by atoms with Crippen LogP contribution in [-0.4, -0.2) is 14.0 Å². The standard InChI is InChI=1S/C9H20Cl2Si/c1-2-3-4-5-8-12(11)9-6-7-10/h12H,2-9H2,1H3. The van der Waals surface area contributed by atoms with E-state index in [2.05, 4.69) is 6.92 Å². The Balaban J connectivity index is 3.02. The van der Waals surface area contributed by atoms with Crippen LogP contribution in [0.15, 0.2) is 0 Å². The normalized spacial score (nSPS) is 13.2. The number of unbranched alkanes of at least 4 members (excludes halogenated alkanes) is 3. The van der Waals surface area contributed by atoms with Crippen LogP contribution >= 0.6 is 22.7 Å². The van der Waals surface area contributed by atoms with Gasteiger partial charge >= 0.3 is 0 Å². The van der Waals surface area contributed by atoms with Crippen LogP contribution in [0.3, 0.4) is 0 Å². The molecule has 0 spiro atoms. The highest BCUT2D eigenvalue weighted by atomic mass is 35.6. The minimum absolute atomic E-state index is 0.783. The van der Waals surface area contributed by atoms with Gasteiger partial charge in [0.25, 0.3) is 0 Å². The summed E-state index contributed by atoms with van der Waals surface area (Å²) in [6.45, 7) is 2.24. The summed E-state index contributed by atoms with van der Waals surface area (Å²) >= 11 is 11.8. The molecule has 12 heavy (non-hydrogen) atoms. The van der Waals surface area contributed by atoms with Crippen LogP contribution in [-0.2, 0) is 0 Å². The fourth-order valence-electron chi connectivity index (χ4n) is 1.24. The third-order valence-electron chi connectivity index (χ3n) is 2.02. The van der Waals surface area contributed by atoms with E-state index >= 15 is 0 Å². The van der Waals surface area contributed by atoms with Crippen LogP contribution in [0.4, 0.5) is 0 Å². The van der Waals surface area contributed by atoms with Crippen molar-refractivity contribution in [3.63, 3.8) is 0 Å². The zero-order valence-electron chi connectivity index (χ0n) is 7.99. The van der Waals surface area contributed by atoms with Gasteiger partial charge in [-0.2, -0.15) is 11.1 Å². The molecule has 0 aliphatic heterocycles. The molecule has 1 unspecified atom stereocenters. The van der Waals surface area contributed by atoms with Crippen LogP contribution in [0.5, 0.6) is 0 Å². The molecule has 0 saturated heterocycles. The molecule has 0 rings (SSSR count). The second-order valence-corrected chi connectivity index (χ2v) is 7.86. The van der Waals surface area contributed by atoms with Crippen molar-refractivity contribution in [2.75, 3.05) is 5.88 Å². The first-order chi connectivity index (χ1) is 5.81. The maximum Gasteiger partial charge on any atom is 0.141 e. The molecule has 0 fully saturated rings. The van der Waals surface area contributed by atoms with E-state index in [1.54, 1.807) is 0 Å². The lowest BCUT2D eigenvalue weighted by atomic mass is 10.2. The predicted octanol–water partition coefficient (Wildman–Crippen LogP) is 4.16. The van der Waals surface area contributed by atoms with Crippen molar-refractivity contribution in [2.45, 2.75) is 51.1 Å². The smallest absolute Gasteiger partial charge is 0.141 e. The number of hydrogen-bond donors (Lipinski definition) is 0. The van der Waals surface area contributed by atoms with Crippen LogP contribution in [0, 0.1) is 0 Å². The average Bonchev–Trinajstić information content (AvgIpc) is 2.09. The molecule has 0 bridgehead atoms. The molecule has 0 N–H and O–H groups in total. The number of alkyl halides is 1. The van der Waals surface area contributed by atoms with Gasteiger partial charge in [0.1, 0.15) is 8.11 Å². The molecule has 0 saturated carbocycles. The topological polar surface area (TPSA) is 0 Å². The molecular weight excluding hydrogens is 207 g/mol. The molecule has 0 aromatic heterocycles. The van der Waals surface area contributed by atoms with E-state index in [-0.39, 0.29) is 0 Å². The summed E-state index contributed by atoms with van der Waals surface area (Å²) in [7, 11) is -0.875. The van der Waals surface area contributed by atoms with Gasteiger partial charge in [0.05, 0.1) is 0 Å². The number of halogens is 2. The van der Waals surface area contributed by atoms with E-state index in [0.717, 1.165) is 12.3 Å². The first-order valence-electron chi connectivity index (χ1n) is 5.01. The largest absolute Gasteiger partial charge is 0.172 e. The Labute approximate surface area is 87.9 Å². The summed E-state index contributed by atoms with van der Waals surface area (Å²) in [5, 5.41) is 0. The van der Waals surface area contributed by atoms with Crippen molar-refractivity contribution in [2.24, 2.45) is 0 Å². The first-order valence-corrected chi connectivity index (χ1v) is 8.92. The van der Waals surface area contributed by atoms with Crippen molar-refractivity contribution in [1.29, 1.82) is 0 Å². The predicted molar refractivity (Wildman–Crippen MR) is 62.1 cm³/mol. The van der Waals surface area contributed by atoms with Gasteiger partial charge in [-0.05, 0) is 18.5 Å². The van der Waals surface area contributed by atoms with Gasteiger partial charge in [-0.1, -0.05) is 32.6 Å². The molecule has 0 radical (unpaired) electrons. The molecule has 0 amide bonds. The van der Waals surface area contributed by atoms with Crippen LogP contribution in [0.25, 0.3) is 0 Å². The average molecular weight is 227 g/mol. The quantitative estimate of drug-likeness (QED) is 0.253. The van der Waals surface area contributed by atoms with Crippen molar-refractivity contribution >= 4 is 30.8 Å². The molecule has 0 aliphatic rings. The monoisotopic (exact) mass is 226 g/mol. The van der Waals surface area contributed by atoms with Crippen molar-refractivity contribution in [1.82, 2.24) is 0 Å². The molecule has 0 nitrogen and oxygen atoms in total. The molecule has 0 aromatic rings. The van der Waals surface area contributed by atoms with Gasteiger partial charge in [0.2, 0.25) is 0 Å². The van der Waals surface area contributed by atoms with Crippen molar-refractivity contribution in [3.8, 4) is 0 Å². The van der Waals surface area contributed by atoms with Crippen molar-refractivity contribution in [3.05, 3.63) is 0 Å². The molecule has 0 aromatic carbocycles. The first kappa shape index (κ1) is 12.8. The number of hydrogen-bond acceptors (Lipinski definition) is 0. The molecule has 74 valence electrons. The third-order valence-corrected chi connectivity index (χ3v) is 5.67. The fourth-order valence-corrected chi connectivity index (χ4v) is 4.24. The fraction of sp³-hybridized carbons (Fsp3) is 1.00. The molecule has 3 heteroatoms. The van der Waals surface area contributed by atoms with Crippen molar-refractivity contribution < 1.29 is 0 Å². The van der Waals surface area contributed by atoms with Gasteiger partial charge in [-0.15, -0.1) is 11.6 Å². The van der Waals surface area contributed by atoms with E-state index in [9.17, 15) is 0 Å². The SMILES string of the molecule is CCCCCC[SiH](Cl)CCCCl. The second kappa shape index (κ2) is 9.88. The lowest BCUT2D eigenvalue weighted by molar-refractivity contribution is 0.699. The van der Waals surface area contributed by atoms with E-state index in [1.165, 1.54) is 37.8 Å². The minimum atomic E-state index is -0.875. The van der Waals surface area contributed by atoms with Gasteiger partial charge in [0.15, 0.2) is 0 Å². The molecular formula is C9H20Cl2Si. The van der Waals surface area contributed by atoms with E-state index in [4.69, 9.17) is 22.7 Å². The maximum absolute atomic E-state index is 6.22. The number of rotatable bonds is 8. The van der Waals surface area contributed by atoms with Gasteiger partial charge < -0.3 is 0 Å². The highest BCUT2D eigenvalue weighted by Gasteiger charge is 2.05. The molecule has 0 heterocycles. The van der Waals surface area contributed by atoms with Gasteiger partial charge in [0, 0.05) is 5.88 Å². The third kappa shape index (κ3) is 8.89.